The highest BCUT2D eigenvalue weighted by Crippen LogP contribution is 2.34. The van der Waals surface area contributed by atoms with E-state index in [1.165, 1.54) is 5.56 Å². The number of carbonyl (C=O) groups is 1. The first kappa shape index (κ1) is 20.8. The van der Waals surface area contributed by atoms with E-state index in [1.54, 1.807) is 0 Å². The molecule has 6 heteroatoms. The van der Waals surface area contributed by atoms with Crippen molar-refractivity contribution in [3.63, 3.8) is 0 Å². The Hall–Kier alpha value is -1.53. The molecule has 0 aliphatic heterocycles. The van der Waals surface area contributed by atoms with Gasteiger partial charge in [-0.3, -0.25) is 0 Å². The minimum Gasteiger partial charge on any atom is -0.372 e. The average Bonchev–Trinajstić information content (AvgIpc) is 2.60. The van der Waals surface area contributed by atoms with Crippen molar-refractivity contribution in [2.75, 3.05) is 28.6 Å². The van der Waals surface area contributed by atoms with Crippen LogP contribution < -0.4 is 15.5 Å². The second kappa shape index (κ2) is 9.42. The van der Waals surface area contributed by atoms with Gasteiger partial charge in [0.2, 0.25) is 0 Å². The van der Waals surface area contributed by atoms with Crippen LogP contribution in [0, 0.1) is 0 Å². The van der Waals surface area contributed by atoms with Gasteiger partial charge in [-0.1, -0.05) is 13.8 Å². The second-order valence-electron chi connectivity index (χ2n) is 6.31. The van der Waals surface area contributed by atoms with Crippen molar-refractivity contribution in [2.24, 2.45) is 0 Å². The number of hydrogen-bond donors (Lipinski definition) is 2. The molecule has 0 fully saturated rings. The molecule has 0 aromatic heterocycles. The Balaban J connectivity index is 2.07. The average molecular weight is 483 g/mol. The number of carbonyl (C=O) groups excluding carboxylic acids is 1. The van der Waals surface area contributed by atoms with E-state index in [9.17, 15) is 4.79 Å². The molecule has 2 rings (SSSR count). The summed E-state index contributed by atoms with van der Waals surface area (Å²) in [6, 6.07) is 11.7. The largest absolute Gasteiger partial charge is 0.372 e. The zero-order valence-corrected chi connectivity index (χ0v) is 18.7. The molecule has 0 radical (unpaired) electrons. The number of amides is 2. The number of rotatable bonds is 6. The molecule has 0 spiro atoms. The smallest absolute Gasteiger partial charge is 0.323 e. The summed E-state index contributed by atoms with van der Waals surface area (Å²) in [5.41, 5.74) is 3.81. The molecule has 2 aromatic rings. The lowest BCUT2D eigenvalue weighted by atomic mass is 10.0. The summed E-state index contributed by atoms with van der Waals surface area (Å²) in [4.78, 5) is 14.6. The zero-order valence-electron chi connectivity index (χ0n) is 15.6. The van der Waals surface area contributed by atoms with Gasteiger partial charge in [-0.25, -0.2) is 4.79 Å². The predicted molar refractivity (Wildman–Crippen MR) is 119 cm³/mol. The molecular formula is C20H25Br2N3O. The van der Waals surface area contributed by atoms with Gasteiger partial charge in [-0.05, 0) is 93.6 Å². The summed E-state index contributed by atoms with van der Waals surface area (Å²) in [7, 11) is 0. The number of nitrogens with one attached hydrogen (secondary N) is 2. The van der Waals surface area contributed by atoms with E-state index < -0.39 is 0 Å². The first-order valence-corrected chi connectivity index (χ1v) is 10.4. The van der Waals surface area contributed by atoms with Gasteiger partial charge in [-0.2, -0.15) is 0 Å². The molecule has 0 atom stereocenters. The third kappa shape index (κ3) is 5.24. The van der Waals surface area contributed by atoms with Gasteiger partial charge < -0.3 is 15.5 Å². The lowest BCUT2D eigenvalue weighted by Gasteiger charge is -2.21. The number of nitrogens with zero attached hydrogens (tertiary/aromatic N) is 1. The van der Waals surface area contributed by atoms with Gasteiger partial charge in [0, 0.05) is 33.4 Å². The van der Waals surface area contributed by atoms with Crippen LogP contribution in [0.3, 0.4) is 0 Å². The lowest BCUT2D eigenvalue weighted by Crippen LogP contribution is -2.22. The van der Waals surface area contributed by atoms with Crippen LogP contribution in [0.5, 0.6) is 0 Å². The molecule has 2 amide bonds. The normalized spacial score (nSPS) is 10.7. The first-order valence-electron chi connectivity index (χ1n) is 8.77. The standard InChI is InChI=1S/C20H25Br2N3O/c1-5-25(6-2)16-9-7-15(8-10-16)23-20(26)24-19-17(21)11-14(13(3)4)12-18(19)22/h7-13H,5-6H2,1-4H3,(H2,23,24,26). The van der Waals surface area contributed by atoms with E-state index in [0.717, 1.165) is 33.4 Å². The maximum absolute atomic E-state index is 12.4. The minimum absolute atomic E-state index is 0.278. The molecule has 0 aliphatic carbocycles. The number of urea groups is 1. The summed E-state index contributed by atoms with van der Waals surface area (Å²) >= 11 is 7.09. The Morgan fingerprint density at radius 1 is 1.00 bits per heavy atom. The Morgan fingerprint density at radius 3 is 2.00 bits per heavy atom. The highest BCUT2D eigenvalue weighted by Gasteiger charge is 2.13. The predicted octanol–water partition coefficient (Wildman–Crippen LogP) is 6.83. The summed E-state index contributed by atoms with van der Waals surface area (Å²) < 4.78 is 1.70. The number of benzene rings is 2. The number of halogens is 2. The molecule has 0 unspecified atom stereocenters. The van der Waals surface area contributed by atoms with Crippen molar-refractivity contribution in [1.29, 1.82) is 0 Å². The van der Waals surface area contributed by atoms with Crippen molar-refractivity contribution in [1.82, 2.24) is 0 Å². The van der Waals surface area contributed by atoms with E-state index in [2.05, 4.69) is 75.1 Å². The number of hydrogen-bond acceptors (Lipinski definition) is 2. The first-order chi connectivity index (χ1) is 12.3. The fourth-order valence-corrected chi connectivity index (χ4v) is 4.09. The molecular weight excluding hydrogens is 458 g/mol. The van der Waals surface area contributed by atoms with E-state index in [1.807, 2.05) is 36.4 Å². The van der Waals surface area contributed by atoms with Crippen LogP contribution in [0.2, 0.25) is 0 Å². The van der Waals surface area contributed by atoms with Gasteiger partial charge in [0.1, 0.15) is 0 Å². The van der Waals surface area contributed by atoms with Crippen molar-refractivity contribution in [3.05, 3.63) is 50.9 Å². The summed E-state index contributed by atoms with van der Waals surface area (Å²) in [5, 5.41) is 5.77. The Labute approximate surface area is 172 Å². The highest BCUT2D eigenvalue weighted by atomic mass is 79.9. The monoisotopic (exact) mass is 481 g/mol. The fourth-order valence-electron chi connectivity index (χ4n) is 2.67. The maximum Gasteiger partial charge on any atom is 0.323 e. The van der Waals surface area contributed by atoms with Crippen LogP contribution in [0.25, 0.3) is 0 Å². The van der Waals surface area contributed by atoms with Crippen molar-refractivity contribution in [2.45, 2.75) is 33.6 Å². The third-order valence-electron chi connectivity index (χ3n) is 4.22. The summed E-state index contributed by atoms with van der Waals surface area (Å²) in [6.45, 7) is 10.4. The van der Waals surface area contributed by atoms with Crippen LogP contribution in [0.4, 0.5) is 21.9 Å². The lowest BCUT2D eigenvalue weighted by molar-refractivity contribution is 0.262. The Kier molecular flexibility index (Phi) is 7.53. The quantitative estimate of drug-likeness (QED) is 0.474. The SMILES string of the molecule is CCN(CC)c1ccc(NC(=O)Nc2c(Br)cc(C(C)C)cc2Br)cc1. The Morgan fingerprint density at radius 2 is 1.54 bits per heavy atom. The summed E-state index contributed by atoms with van der Waals surface area (Å²) in [5.74, 6) is 0.412. The molecule has 4 nitrogen and oxygen atoms in total. The van der Waals surface area contributed by atoms with Crippen LogP contribution in [-0.4, -0.2) is 19.1 Å². The Bertz CT molecular complexity index is 733. The van der Waals surface area contributed by atoms with Gasteiger partial charge in [0.25, 0.3) is 0 Å². The van der Waals surface area contributed by atoms with E-state index >= 15 is 0 Å². The maximum atomic E-state index is 12.4. The number of anilines is 3. The van der Waals surface area contributed by atoms with E-state index in [4.69, 9.17) is 0 Å². The van der Waals surface area contributed by atoms with Crippen molar-refractivity contribution in [3.8, 4) is 0 Å². The van der Waals surface area contributed by atoms with Gasteiger partial charge in [0.05, 0.1) is 5.69 Å². The van der Waals surface area contributed by atoms with Gasteiger partial charge in [-0.15, -0.1) is 0 Å². The van der Waals surface area contributed by atoms with Gasteiger partial charge in [0.15, 0.2) is 0 Å². The molecule has 2 N–H and O–H groups in total. The second-order valence-corrected chi connectivity index (χ2v) is 8.02. The van der Waals surface area contributed by atoms with Crippen molar-refractivity contribution < 1.29 is 4.79 Å². The molecule has 0 saturated heterocycles. The van der Waals surface area contributed by atoms with E-state index in [-0.39, 0.29) is 6.03 Å². The third-order valence-corrected chi connectivity index (χ3v) is 5.47. The molecule has 0 saturated carbocycles. The summed E-state index contributed by atoms with van der Waals surface area (Å²) in [6.07, 6.45) is 0. The highest BCUT2D eigenvalue weighted by molar-refractivity contribution is 9.11. The molecule has 140 valence electrons. The van der Waals surface area contributed by atoms with E-state index in [0.29, 0.717) is 11.6 Å². The fraction of sp³-hybridized carbons (Fsp3) is 0.350. The minimum atomic E-state index is -0.278. The molecule has 26 heavy (non-hydrogen) atoms. The zero-order chi connectivity index (χ0) is 19.3. The van der Waals surface area contributed by atoms with Crippen LogP contribution >= 0.6 is 31.9 Å². The molecule has 0 heterocycles. The van der Waals surface area contributed by atoms with Gasteiger partial charge >= 0.3 is 6.03 Å². The molecule has 0 aliphatic rings. The van der Waals surface area contributed by atoms with Crippen LogP contribution in [-0.2, 0) is 0 Å². The van der Waals surface area contributed by atoms with Crippen molar-refractivity contribution >= 4 is 55.0 Å². The van der Waals surface area contributed by atoms with Crippen LogP contribution in [0.1, 0.15) is 39.2 Å². The molecule has 2 aromatic carbocycles. The van der Waals surface area contributed by atoms with Crippen LogP contribution in [0.15, 0.2) is 45.3 Å². The molecule has 0 bridgehead atoms. The topological polar surface area (TPSA) is 44.4 Å².